The molecule has 0 saturated carbocycles. The summed E-state index contributed by atoms with van der Waals surface area (Å²) in [5, 5.41) is 13.3. The molecule has 0 aliphatic carbocycles. The van der Waals surface area contributed by atoms with Gasteiger partial charge < -0.3 is 5.32 Å². The van der Waals surface area contributed by atoms with Crippen LogP contribution in [0.4, 0.5) is 11.4 Å². The van der Waals surface area contributed by atoms with Crippen molar-refractivity contribution >= 4 is 38.9 Å². The highest BCUT2D eigenvalue weighted by molar-refractivity contribution is 7.89. The van der Waals surface area contributed by atoms with Crippen molar-refractivity contribution in [2.45, 2.75) is 18.2 Å². The van der Waals surface area contributed by atoms with Crippen molar-refractivity contribution in [2.24, 2.45) is 0 Å². The number of nitro benzene ring substituents is 1. The number of hydrogen-bond donors (Lipinski definition) is 2. The molecule has 8 nitrogen and oxygen atoms in total. The molecule has 2 aromatic rings. The lowest BCUT2D eigenvalue weighted by Gasteiger charge is -2.09. The van der Waals surface area contributed by atoms with E-state index >= 15 is 0 Å². The third-order valence-electron chi connectivity index (χ3n) is 3.41. The molecule has 0 saturated heterocycles. The van der Waals surface area contributed by atoms with Gasteiger partial charge in [0.05, 0.1) is 20.5 Å². The third-order valence-corrected chi connectivity index (χ3v) is 5.22. The summed E-state index contributed by atoms with van der Waals surface area (Å²) in [5.74, 6) is -0.529. The van der Waals surface area contributed by atoms with Gasteiger partial charge in [-0.1, -0.05) is 29.3 Å². The summed E-state index contributed by atoms with van der Waals surface area (Å²) in [7, 11) is -3.72. The van der Waals surface area contributed by atoms with Crippen LogP contribution in [0.1, 0.15) is 12.0 Å². The lowest BCUT2D eigenvalue weighted by atomic mass is 10.2. The van der Waals surface area contributed by atoms with E-state index in [2.05, 4.69) is 10.0 Å². The first kappa shape index (κ1) is 19.8. The molecule has 0 heterocycles. The van der Waals surface area contributed by atoms with E-state index in [-0.39, 0.29) is 34.3 Å². The Morgan fingerprint density at radius 3 is 2.46 bits per heavy atom. The first-order valence-electron chi connectivity index (χ1n) is 7.49. The average Bonchev–Trinajstić information content (AvgIpc) is 2.57. The molecule has 138 valence electrons. The molecule has 2 aromatic carbocycles. The minimum Gasteiger partial charge on any atom is -0.325 e. The van der Waals surface area contributed by atoms with E-state index in [0.29, 0.717) is 0 Å². The number of rotatable bonds is 7. The first-order valence-corrected chi connectivity index (χ1v) is 9.35. The van der Waals surface area contributed by atoms with Gasteiger partial charge in [-0.15, -0.1) is 0 Å². The minimum absolute atomic E-state index is 0.0901. The van der Waals surface area contributed by atoms with E-state index in [1.807, 2.05) is 6.92 Å². The molecule has 1 amide bonds. The van der Waals surface area contributed by atoms with Crippen LogP contribution in [0.3, 0.4) is 0 Å². The van der Waals surface area contributed by atoms with Crippen molar-refractivity contribution < 1.29 is 18.1 Å². The van der Waals surface area contributed by atoms with E-state index in [1.54, 1.807) is 12.1 Å². The summed E-state index contributed by atoms with van der Waals surface area (Å²) in [6, 6.07) is 9.94. The van der Waals surface area contributed by atoms with Crippen LogP contribution < -0.4 is 10.0 Å². The van der Waals surface area contributed by atoms with Crippen LogP contribution in [0.5, 0.6) is 0 Å². The summed E-state index contributed by atoms with van der Waals surface area (Å²) in [5.41, 5.74) is 0.800. The van der Waals surface area contributed by atoms with Crippen molar-refractivity contribution in [2.75, 3.05) is 11.9 Å². The number of hydrogen-bond acceptors (Lipinski definition) is 5. The Kier molecular flexibility index (Phi) is 6.30. The standard InChI is InChI=1S/C16H16ClN3O5S/c1-11-2-5-13(6-3-11)26(24,25)18-9-8-16(21)19-15-10-12(20(22)23)4-7-14(15)17/h2-7,10,18H,8-9H2,1H3,(H,19,21). The van der Waals surface area contributed by atoms with Gasteiger partial charge in [0.1, 0.15) is 0 Å². The number of carbonyl (C=O) groups excluding carboxylic acids is 1. The third kappa shape index (κ3) is 5.25. The Bertz CT molecular complexity index is 929. The van der Waals surface area contributed by atoms with E-state index in [0.717, 1.165) is 11.6 Å². The average molecular weight is 398 g/mol. The van der Waals surface area contributed by atoms with Crippen molar-refractivity contribution in [3.63, 3.8) is 0 Å². The van der Waals surface area contributed by atoms with Gasteiger partial charge in [-0.05, 0) is 25.1 Å². The number of halogens is 1. The molecular weight excluding hydrogens is 382 g/mol. The molecule has 0 aliphatic heterocycles. The fourth-order valence-electron chi connectivity index (χ4n) is 2.04. The topological polar surface area (TPSA) is 118 Å². The van der Waals surface area contributed by atoms with Crippen LogP contribution in [-0.2, 0) is 14.8 Å². The molecule has 0 unspecified atom stereocenters. The Morgan fingerprint density at radius 1 is 1.19 bits per heavy atom. The number of benzene rings is 2. The van der Waals surface area contributed by atoms with Gasteiger partial charge in [0.2, 0.25) is 15.9 Å². The summed E-state index contributed by atoms with van der Waals surface area (Å²) < 4.78 is 26.6. The molecule has 0 atom stereocenters. The van der Waals surface area contributed by atoms with Gasteiger partial charge in [0.25, 0.3) is 5.69 Å². The SMILES string of the molecule is Cc1ccc(S(=O)(=O)NCCC(=O)Nc2cc([N+](=O)[O-])ccc2Cl)cc1. The van der Waals surface area contributed by atoms with Gasteiger partial charge in [-0.2, -0.15) is 0 Å². The quantitative estimate of drug-likeness (QED) is 0.550. The first-order chi connectivity index (χ1) is 12.2. The van der Waals surface area contributed by atoms with Gasteiger partial charge >= 0.3 is 0 Å². The zero-order valence-corrected chi connectivity index (χ0v) is 15.3. The van der Waals surface area contributed by atoms with E-state index < -0.39 is 20.9 Å². The molecule has 0 fully saturated rings. The van der Waals surface area contributed by atoms with Crippen LogP contribution in [-0.4, -0.2) is 25.8 Å². The maximum atomic E-state index is 12.1. The summed E-state index contributed by atoms with van der Waals surface area (Å²) in [6.45, 7) is 1.71. The Morgan fingerprint density at radius 2 is 1.85 bits per heavy atom. The van der Waals surface area contributed by atoms with Gasteiger partial charge in [0, 0.05) is 25.1 Å². The summed E-state index contributed by atoms with van der Waals surface area (Å²) >= 11 is 5.90. The zero-order valence-electron chi connectivity index (χ0n) is 13.7. The maximum Gasteiger partial charge on any atom is 0.271 e. The van der Waals surface area contributed by atoms with Crippen LogP contribution in [0.2, 0.25) is 5.02 Å². The highest BCUT2D eigenvalue weighted by Crippen LogP contribution is 2.26. The minimum atomic E-state index is -3.72. The number of sulfonamides is 1. The van der Waals surface area contributed by atoms with Crippen LogP contribution >= 0.6 is 11.6 Å². The molecule has 0 spiro atoms. The smallest absolute Gasteiger partial charge is 0.271 e. The number of anilines is 1. The fraction of sp³-hybridized carbons (Fsp3) is 0.188. The molecule has 0 aromatic heterocycles. The van der Waals surface area contributed by atoms with Crippen LogP contribution in [0.25, 0.3) is 0 Å². The number of nitrogens with one attached hydrogen (secondary N) is 2. The molecule has 2 N–H and O–H groups in total. The van der Waals surface area contributed by atoms with Crippen molar-refractivity contribution in [3.05, 3.63) is 63.2 Å². The van der Waals surface area contributed by atoms with Crippen LogP contribution in [0.15, 0.2) is 47.4 Å². The number of carbonyl (C=O) groups is 1. The second-order valence-electron chi connectivity index (χ2n) is 5.43. The Hall–Kier alpha value is -2.49. The summed E-state index contributed by atoms with van der Waals surface area (Å²) in [4.78, 5) is 22.2. The predicted molar refractivity (Wildman–Crippen MR) is 97.7 cm³/mol. The van der Waals surface area contributed by atoms with Crippen molar-refractivity contribution in [1.29, 1.82) is 0 Å². The Balaban J connectivity index is 1.94. The number of aryl methyl sites for hydroxylation is 1. The van der Waals surface area contributed by atoms with E-state index in [1.165, 1.54) is 24.3 Å². The number of nitrogens with zero attached hydrogens (tertiary/aromatic N) is 1. The molecule has 2 rings (SSSR count). The molecule has 0 radical (unpaired) electrons. The monoisotopic (exact) mass is 397 g/mol. The van der Waals surface area contributed by atoms with Crippen LogP contribution in [0, 0.1) is 17.0 Å². The maximum absolute atomic E-state index is 12.1. The molecule has 0 bridgehead atoms. The van der Waals surface area contributed by atoms with Crippen molar-refractivity contribution in [3.8, 4) is 0 Å². The normalized spacial score (nSPS) is 11.2. The lowest BCUT2D eigenvalue weighted by molar-refractivity contribution is -0.384. The molecule has 10 heteroatoms. The Labute approximate surface area is 155 Å². The highest BCUT2D eigenvalue weighted by atomic mass is 35.5. The van der Waals surface area contributed by atoms with E-state index in [4.69, 9.17) is 11.6 Å². The highest BCUT2D eigenvalue weighted by Gasteiger charge is 2.15. The molecule has 26 heavy (non-hydrogen) atoms. The second kappa shape index (κ2) is 8.26. The van der Waals surface area contributed by atoms with Crippen molar-refractivity contribution in [1.82, 2.24) is 4.72 Å². The molecular formula is C16H16ClN3O5S. The lowest BCUT2D eigenvalue weighted by Crippen LogP contribution is -2.27. The second-order valence-corrected chi connectivity index (χ2v) is 7.60. The zero-order chi connectivity index (χ0) is 19.3. The van der Waals surface area contributed by atoms with Gasteiger partial charge in [-0.3, -0.25) is 14.9 Å². The number of nitro groups is 1. The molecule has 0 aliphatic rings. The van der Waals surface area contributed by atoms with Gasteiger partial charge in [0.15, 0.2) is 0 Å². The van der Waals surface area contributed by atoms with E-state index in [9.17, 15) is 23.3 Å². The predicted octanol–water partition coefficient (Wildman–Crippen LogP) is 2.86. The summed E-state index contributed by atoms with van der Waals surface area (Å²) in [6.07, 6.45) is -0.163. The fourth-order valence-corrected chi connectivity index (χ4v) is 3.23. The van der Waals surface area contributed by atoms with Gasteiger partial charge in [-0.25, -0.2) is 13.1 Å². The largest absolute Gasteiger partial charge is 0.325 e. The number of non-ortho nitro benzene ring substituents is 1. The number of amides is 1.